The van der Waals surface area contributed by atoms with Gasteiger partial charge < -0.3 is 5.11 Å². The molecule has 1 N–H and O–H groups in total. The maximum atomic E-state index is 11.6. The van der Waals surface area contributed by atoms with E-state index >= 15 is 0 Å². The number of nitrogens with zero attached hydrogens (tertiary/aromatic N) is 3. The van der Waals surface area contributed by atoms with Gasteiger partial charge in [0, 0.05) is 7.05 Å². The molecule has 0 amide bonds. The van der Waals surface area contributed by atoms with Crippen LogP contribution in [0.15, 0.2) is 20.4 Å². The summed E-state index contributed by atoms with van der Waals surface area (Å²) in [7, 11) is 1.23. The minimum atomic E-state index is -0.815. The van der Waals surface area contributed by atoms with Gasteiger partial charge >= 0.3 is 5.69 Å². The predicted molar refractivity (Wildman–Crippen MR) is 55.4 cm³/mol. The van der Waals surface area contributed by atoms with Crippen LogP contribution in [-0.4, -0.2) is 19.1 Å². The molecule has 0 aliphatic rings. The Bertz CT molecular complexity index is 803. The summed E-state index contributed by atoms with van der Waals surface area (Å²) in [5.41, 5.74) is -2.45. The second-order valence-electron chi connectivity index (χ2n) is 3.24. The molecule has 7 heteroatoms. The Kier molecular flexibility index (Phi) is 1.91. The maximum absolute atomic E-state index is 11.6. The second kappa shape index (κ2) is 3.02. The van der Waals surface area contributed by atoms with E-state index in [4.69, 9.17) is 5.11 Å². The highest BCUT2D eigenvalue weighted by atomic mass is 16.3. The van der Waals surface area contributed by atoms with Crippen molar-refractivity contribution >= 4 is 12.2 Å². The quantitative estimate of drug-likeness (QED) is 0.534. The van der Waals surface area contributed by atoms with E-state index in [0.29, 0.717) is 4.40 Å². The molecule has 16 heavy (non-hydrogen) atoms. The minimum Gasteiger partial charge on any atom is -0.493 e. The first-order valence-electron chi connectivity index (χ1n) is 4.28. The Morgan fingerprint density at radius 1 is 1.38 bits per heavy atom. The zero-order chi connectivity index (χ0) is 12.0. The standard InChI is InChI=1S/C9H7N3O4/c1-4-7-10-5(13)3-6(14)12(7)9(16)11(2)8(4)15/h3,13H,1H2,2H3. The summed E-state index contributed by atoms with van der Waals surface area (Å²) in [4.78, 5) is 38.1. The van der Waals surface area contributed by atoms with Crippen molar-refractivity contribution in [1.82, 2.24) is 14.0 Å². The van der Waals surface area contributed by atoms with Crippen molar-refractivity contribution in [1.29, 1.82) is 0 Å². The molecule has 0 aromatic carbocycles. The van der Waals surface area contributed by atoms with Crippen molar-refractivity contribution in [3.8, 4) is 5.88 Å². The third-order valence-corrected chi connectivity index (χ3v) is 2.22. The Morgan fingerprint density at radius 3 is 2.62 bits per heavy atom. The van der Waals surface area contributed by atoms with Crippen molar-refractivity contribution in [2.45, 2.75) is 0 Å². The lowest BCUT2D eigenvalue weighted by Crippen LogP contribution is -2.47. The van der Waals surface area contributed by atoms with Crippen LogP contribution in [0, 0.1) is 0 Å². The maximum Gasteiger partial charge on any atom is 0.339 e. The molecule has 82 valence electrons. The first kappa shape index (κ1) is 10.1. The second-order valence-corrected chi connectivity index (χ2v) is 3.24. The molecule has 2 rings (SSSR count). The summed E-state index contributed by atoms with van der Waals surface area (Å²) in [5.74, 6) is -0.553. The normalized spacial score (nSPS) is 10.8. The van der Waals surface area contributed by atoms with Gasteiger partial charge in [0.1, 0.15) is 0 Å². The van der Waals surface area contributed by atoms with Crippen molar-refractivity contribution in [3.05, 3.63) is 42.5 Å². The van der Waals surface area contributed by atoms with E-state index in [-0.39, 0.29) is 10.9 Å². The van der Waals surface area contributed by atoms with E-state index in [1.165, 1.54) is 7.05 Å². The van der Waals surface area contributed by atoms with E-state index in [2.05, 4.69) is 11.6 Å². The highest BCUT2D eigenvalue weighted by Gasteiger charge is 2.10. The van der Waals surface area contributed by atoms with Gasteiger partial charge in [0.25, 0.3) is 11.1 Å². The van der Waals surface area contributed by atoms with Gasteiger partial charge in [-0.1, -0.05) is 6.58 Å². The van der Waals surface area contributed by atoms with Gasteiger partial charge in [-0.25, -0.2) is 9.20 Å². The summed E-state index contributed by atoms with van der Waals surface area (Å²) in [5, 5.41) is 9.01. The van der Waals surface area contributed by atoms with Crippen LogP contribution in [0.25, 0.3) is 12.2 Å². The highest BCUT2D eigenvalue weighted by Crippen LogP contribution is 1.96. The van der Waals surface area contributed by atoms with E-state index < -0.39 is 22.7 Å². The van der Waals surface area contributed by atoms with Crippen LogP contribution in [0.2, 0.25) is 0 Å². The Balaban J connectivity index is 3.36. The molecule has 2 heterocycles. The Morgan fingerprint density at radius 2 is 2.00 bits per heavy atom. The number of hydrogen-bond donors (Lipinski definition) is 1. The van der Waals surface area contributed by atoms with Crippen molar-refractivity contribution in [2.24, 2.45) is 7.05 Å². The van der Waals surface area contributed by atoms with Gasteiger partial charge in [0.15, 0.2) is 5.65 Å². The van der Waals surface area contributed by atoms with Gasteiger partial charge in [-0.3, -0.25) is 14.2 Å². The van der Waals surface area contributed by atoms with E-state index in [1.807, 2.05) is 0 Å². The molecule has 2 aromatic heterocycles. The number of hydrogen-bond acceptors (Lipinski definition) is 5. The molecule has 0 saturated heterocycles. The lowest BCUT2D eigenvalue weighted by atomic mass is 10.4. The Hall–Kier alpha value is -2.44. The number of aromatic hydroxyl groups is 1. The molecule has 0 unspecified atom stereocenters. The van der Waals surface area contributed by atoms with Crippen LogP contribution < -0.4 is 22.0 Å². The fourth-order valence-corrected chi connectivity index (χ4v) is 1.39. The van der Waals surface area contributed by atoms with Crippen LogP contribution in [-0.2, 0) is 7.05 Å². The van der Waals surface area contributed by atoms with Gasteiger partial charge in [0.2, 0.25) is 5.88 Å². The number of rotatable bonds is 0. The van der Waals surface area contributed by atoms with E-state index in [1.54, 1.807) is 0 Å². The molecule has 2 aromatic rings. The third kappa shape index (κ3) is 1.14. The SMILES string of the molecule is C=c1c(=O)n(C)c(=O)n2c(=O)cc(O)nc12. The van der Waals surface area contributed by atoms with E-state index in [9.17, 15) is 14.4 Å². The van der Waals surface area contributed by atoms with Crippen molar-refractivity contribution in [3.63, 3.8) is 0 Å². The molecule has 0 spiro atoms. The summed E-state index contributed by atoms with van der Waals surface area (Å²) in [6.45, 7) is 3.43. The van der Waals surface area contributed by atoms with Gasteiger partial charge in [-0.2, -0.15) is 4.98 Å². The number of fused-ring (bicyclic) bond motifs is 1. The first-order chi connectivity index (χ1) is 7.43. The molecule has 0 saturated carbocycles. The molecule has 0 fully saturated rings. The van der Waals surface area contributed by atoms with Crippen molar-refractivity contribution < 1.29 is 5.11 Å². The fourth-order valence-electron chi connectivity index (χ4n) is 1.39. The summed E-state index contributed by atoms with van der Waals surface area (Å²) in [6.07, 6.45) is 0. The highest BCUT2D eigenvalue weighted by molar-refractivity contribution is 5.41. The van der Waals surface area contributed by atoms with Gasteiger partial charge in [-0.05, 0) is 0 Å². The molecule has 0 radical (unpaired) electrons. The van der Waals surface area contributed by atoms with Gasteiger partial charge in [0.05, 0.1) is 11.3 Å². The molecule has 0 atom stereocenters. The van der Waals surface area contributed by atoms with Crippen molar-refractivity contribution in [2.75, 3.05) is 0 Å². The smallest absolute Gasteiger partial charge is 0.339 e. The number of aromatic nitrogens is 3. The summed E-state index contributed by atoms with van der Waals surface area (Å²) < 4.78 is 1.44. The predicted octanol–water partition coefficient (Wildman–Crippen LogP) is -2.41. The zero-order valence-corrected chi connectivity index (χ0v) is 8.30. The molecular formula is C9H7N3O4. The monoisotopic (exact) mass is 221 g/mol. The molecule has 0 bridgehead atoms. The Labute approximate surface area is 87.5 Å². The zero-order valence-electron chi connectivity index (χ0n) is 8.30. The van der Waals surface area contributed by atoms with Crippen LogP contribution in [0.4, 0.5) is 0 Å². The van der Waals surface area contributed by atoms with Crippen LogP contribution >= 0.6 is 0 Å². The van der Waals surface area contributed by atoms with Gasteiger partial charge in [-0.15, -0.1) is 0 Å². The van der Waals surface area contributed by atoms with E-state index in [0.717, 1.165) is 10.6 Å². The first-order valence-corrected chi connectivity index (χ1v) is 4.28. The third-order valence-electron chi connectivity index (χ3n) is 2.22. The average Bonchev–Trinajstić information content (AvgIpc) is 2.22. The molecule has 0 aliphatic carbocycles. The lowest BCUT2D eigenvalue weighted by molar-refractivity contribution is 0.452. The lowest BCUT2D eigenvalue weighted by Gasteiger charge is -2.02. The topological polar surface area (TPSA) is 93.7 Å². The van der Waals surface area contributed by atoms with Crippen LogP contribution in [0.3, 0.4) is 0 Å². The molecule has 7 nitrogen and oxygen atoms in total. The molecular weight excluding hydrogens is 214 g/mol. The summed E-state index contributed by atoms with van der Waals surface area (Å²) in [6, 6.07) is 0.790. The fraction of sp³-hybridized carbons (Fsp3) is 0.111. The van der Waals surface area contributed by atoms with Crippen LogP contribution in [0.1, 0.15) is 0 Å². The average molecular weight is 221 g/mol. The largest absolute Gasteiger partial charge is 0.493 e. The summed E-state index contributed by atoms with van der Waals surface area (Å²) >= 11 is 0. The van der Waals surface area contributed by atoms with Crippen LogP contribution in [0.5, 0.6) is 5.88 Å². The minimum absolute atomic E-state index is 0.116. The molecule has 0 aliphatic heterocycles.